The van der Waals surface area contributed by atoms with Gasteiger partial charge in [0.1, 0.15) is 17.2 Å². The Kier molecular flexibility index (Phi) is 8.59. The molecule has 0 amide bonds. The van der Waals surface area contributed by atoms with E-state index in [9.17, 15) is 23.1 Å². The van der Waals surface area contributed by atoms with Gasteiger partial charge in [-0.05, 0) is 72.3 Å². The molecule has 37 heavy (non-hydrogen) atoms. The normalized spacial score (nSPS) is 21.7. The first-order valence-corrected chi connectivity index (χ1v) is 13.6. The van der Waals surface area contributed by atoms with Gasteiger partial charge in [-0.1, -0.05) is 64.7 Å². The van der Waals surface area contributed by atoms with E-state index in [4.69, 9.17) is 0 Å². The first-order chi connectivity index (χ1) is 17.7. The van der Waals surface area contributed by atoms with Crippen molar-refractivity contribution in [2.45, 2.75) is 95.8 Å². The summed E-state index contributed by atoms with van der Waals surface area (Å²) in [5, 5.41) is 9.51. The molecule has 2 fully saturated rings. The third-order valence-corrected chi connectivity index (χ3v) is 8.83. The molecule has 2 aliphatic carbocycles. The van der Waals surface area contributed by atoms with Crippen LogP contribution < -0.4 is 0 Å². The number of rotatable bonds is 8. The zero-order valence-electron chi connectivity index (χ0n) is 21.3. The van der Waals surface area contributed by atoms with Crippen molar-refractivity contribution in [3.05, 3.63) is 58.4 Å². The lowest BCUT2D eigenvalue weighted by Crippen LogP contribution is -2.40. The van der Waals surface area contributed by atoms with Crippen molar-refractivity contribution >= 4 is 5.97 Å². The number of hydrogen-bond donors (Lipinski definition) is 1. The summed E-state index contributed by atoms with van der Waals surface area (Å²) >= 11 is 0. The van der Waals surface area contributed by atoms with Crippen LogP contribution >= 0.6 is 0 Å². The average molecular weight is 523 g/mol. The molecule has 2 saturated carbocycles. The van der Waals surface area contributed by atoms with E-state index in [1.54, 1.807) is 0 Å². The van der Waals surface area contributed by atoms with E-state index >= 15 is 8.78 Å². The molecule has 0 spiro atoms. The summed E-state index contributed by atoms with van der Waals surface area (Å²) in [5.74, 6) is -8.37. The van der Waals surface area contributed by atoms with Crippen molar-refractivity contribution in [2.24, 2.45) is 11.8 Å². The minimum absolute atomic E-state index is 0.110. The van der Waals surface area contributed by atoms with E-state index in [2.05, 4.69) is 6.92 Å². The molecule has 2 aliphatic rings. The molecule has 2 nitrogen and oxygen atoms in total. The van der Waals surface area contributed by atoms with E-state index in [1.165, 1.54) is 19.3 Å². The SMILES string of the molecule is CCCCCC1CCC(C2(c3cc(F)c(C(=O)O)c(F)c3-c3cc(F)c(F)c(F)c3)CCCCC2)CC1. The molecule has 0 aromatic heterocycles. The highest BCUT2D eigenvalue weighted by Gasteiger charge is 2.45. The second-order valence-corrected chi connectivity index (χ2v) is 11.0. The van der Waals surface area contributed by atoms with Gasteiger partial charge in [-0.25, -0.2) is 26.7 Å². The predicted octanol–water partition coefficient (Wildman–Crippen LogP) is 9.34. The molecule has 2 aromatic rings. The number of aromatic carboxylic acids is 1. The molecule has 0 bridgehead atoms. The number of carbonyl (C=O) groups is 1. The Morgan fingerprint density at radius 1 is 0.865 bits per heavy atom. The summed E-state index contributed by atoms with van der Waals surface area (Å²) in [4.78, 5) is 11.7. The lowest BCUT2D eigenvalue weighted by molar-refractivity contribution is 0.0686. The maximum Gasteiger partial charge on any atom is 0.341 e. The predicted molar refractivity (Wildman–Crippen MR) is 133 cm³/mol. The summed E-state index contributed by atoms with van der Waals surface area (Å²) in [6.07, 6.45) is 12.5. The van der Waals surface area contributed by atoms with Crippen LogP contribution in [-0.2, 0) is 5.41 Å². The summed E-state index contributed by atoms with van der Waals surface area (Å²) in [6, 6.07) is 2.41. The van der Waals surface area contributed by atoms with Crippen LogP contribution in [-0.4, -0.2) is 11.1 Å². The Morgan fingerprint density at radius 3 is 2.05 bits per heavy atom. The molecule has 0 atom stereocenters. The van der Waals surface area contributed by atoms with Crippen LogP contribution in [0.5, 0.6) is 0 Å². The molecule has 0 aliphatic heterocycles. The molecular formula is C30H35F5O2. The maximum absolute atomic E-state index is 15.9. The van der Waals surface area contributed by atoms with Gasteiger partial charge >= 0.3 is 5.97 Å². The van der Waals surface area contributed by atoms with E-state index in [0.29, 0.717) is 30.9 Å². The second kappa shape index (κ2) is 11.5. The molecule has 0 unspecified atom stereocenters. The Hall–Kier alpha value is -2.44. The zero-order chi connectivity index (χ0) is 26.7. The highest BCUT2D eigenvalue weighted by atomic mass is 19.2. The Morgan fingerprint density at radius 2 is 1.49 bits per heavy atom. The molecule has 2 aromatic carbocycles. The average Bonchev–Trinajstić information content (AvgIpc) is 2.87. The van der Waals surface area contributed by atoms with Crippen LogP contribution in [0.3, 0.4) is 0 Å². The number of halogens is 5. The molecule has 0 radical (unpaired) electrons. The maximum atomic E-state index is 15.9. The molecule has 0 heterocycles. The molecular weight excluding hydrogens is 487 g/mol. The number of carboxylic acids is 1. The Balaban J connectivity index is 1.84. The molecule has 1 N–H and O–H groups in total. The van der Waals surface area contributed by atoms with Crippen molar-refractivity contribution in [1.82, 2.24) is 0 Å². The van der Waals surface area contributed by atoms with Crippen LogP contribution in [0.4, 0.5) is 22.0 Å². The lowest BCUT2D eigenvalue weighted by Gasteiger charge is -2.48. The molecule has 0 saturated heterocycles. The molecule has 202 valence electrons. The fourth-order valence-corrected chi connectivity index (χ4v) is 6.96. The smallest absolute Gasteiger partial charge is 0.341 e. The standard InChI is InChI=1S/C30H35F5O2/c1-2-3-5-8-18-9-11-20(12-10-18)30(13-6-4-7-14-30)21-17-22(31)26(29(36)37)28(35)25(21)19-15-23(32)27(34)24(33)16-19/h15-18,20H,2-14H2,1H3,(H,36,37). The van der Waals surface area contributed by atoms with Crippen molar-refractivity contribution < 1.29 is 31.9 Å². The quantitative estimate of drug-likeness (QED) is 0.213. The zero-order valence-corrected chi connectivity index (χ0v) is 21.3. The highest BCUT2D eigenvalue weighted by molar-refractivity contribution is 5.91. The van der Waals surface area contributed by atoms with Gasteiger partial charge in [-0.15, -0.1) is 0 Å². The van der Waals surface area contributed by atoms with Crippen LogP contribution in [0.2, 0.25) is 0 Å². The fourth-order valence-electron chi connectivity index (χ4n) is 6.96. The van der Waals surface area contributed by atoms with Crippen LogP contribution in [0.1, 0.15) is 106 Å². The van der Waals surface area contributed by atoms with Crippen LogP contribution in [0.15, 0.2) is 18.2 Å². The van der Waals surface area contributed by atoms with Crippen LogP contribution in [0.25, 0.3) is 11.1 Å². The van der Waals surface area contributed by atoms with E-state index in [1.807, 2.05) is 0 Å². The first-order valence-electron chi connectivity index (χ1n) is 13.6. The van der Waals surface area contributed by atoms with E-state index < -0.39 is 46.0 Å². The summed E-state index contributed by atoms with van der Waals surface area (Å²) in [5.41, 5.74) is -2.21. The van der Waals surface area contributed by atoms with Crippen molar-refractivity contribution in [2.75, 3.05) is 0 Å². The van der Waals surface area contributed by atoms with Gasteiger partial charge in [-0.3, -0.25) is 0 Å². The van der Waals surface area contributed by atoms with Gasteiger partial charge in [0, 0.05) is 5.56 Å². The summed E-state index contributed by atoms with van der Waals surface area (Å²) in [6.45, 7) is 2.17. The third kappa shape index (κ3) is 5.42. The number of hydrogen-bond acceptors (Lipinski definition) is 1. The van der Waals surface area contributed by atoms with Gasteiger partial charge in [0.05, 0.1) is 0 Å². The lowest BCUT2D eigenvalue weighted by atomic mass is 9.56. The summed E-state index contributed by atoms with van der Waals surface area (Å²) < 4.78 is 73.3. The van der Waals surface area contributed by atoms with Crippen molar-refractivity contribution in [1.29, 1.82) is 0 Å². The largest absolute Gasteiger partial charge is 0.477 e. The van der Waals surface area contributed by atoms with Crippen molar-refractivity contribution in [3.8, 4) is 11.1 Å². The third-order valence-electron chi connectivity index (χ3n) is 8.83. The minimum Gasteiger partial charge on any atom is -0.477 e. The topological polar surface area (TPSA) is 37.3 Å². The van der Waals surface area contributed by atoms with Gasteiger partial charge in [-0.2, -0.15) is 0 Å². The monoisotopic (exact) mass is 522 g/mol. The van der Waals surface area contributed by atoms with E-state index in [-0.39, 0.29) is 22.6 Å². The highest BCUT2D eigenvalue weighted by Crippen LogP contribution is 2.54. The number of carboxylic acid groups (broad SMARTS) is 1. The van der Waals surface area contributed by atoms with Crippen molar-refractivity contribution in [3.63, 3.8) is 0 Å². The van der Waals surface area contributed by atoms with E-state index in [0.717, 1.165) is 57.4 Å². The Bertz CT molecular complexity index is 1110. The molecule has 7 heteroatoms. The fraction of sp³-hybridized carbons (Fsp3) is 0.567. The first kappa shape index (κ1) is 27.6. The molecule has 4 rings (SSSR count). The number of unbranched alkanes of at least 4 members (excludes halogenated alkanes) is 2. The minimum atomic E-state index is -1.81. The van der Waals surface area contributed by atoms with Gasteiger partial charge in [0.15, 0.2) is 17.5 Å². The summed E-state index contributed by atoms with van der Waals surface area (Å²) in [7, 11) is 0. The van der Waals surface area contributed by atoms with Gasteiger partial charge < -0.3 is 5.11 Å². The van der Waals surface area contributed by atoms with Gasteiger partial charge in [0.2, 0.25) is 0 Å². The number of benzene rings is 2. The second-order valence-electron chi connectivity index (χ2n) is 11.0. The van der Waals surface area contributed by atoms with Crippen LogP contribution in [0, 0.1) is 40.9 Å². The Labute approximate surface area is 215 Å². The van der Waals surface area contributed by atoms with Gasteiger partial charge in [0.25, 0.3) is 0 Å².